The predicted molar refractivity (Wildman–Crippen MR) is 45.9 cm³/mol. The normalized spacial score (nSPS) is 13.4. The van der Waals surface area contributed by atoms with Crippen molar-refractivity contribution in [2.75, 3.05) is 0 Å². The van der Waals surface area contributed by atoms with Crippen molar-refractivity contribution in [3.63, 3.8) is 0 Å². The molecule has 0 aliphatic rings. The van der Waals surface area contributed by atoms with Gasteiger partial charge in [0.1, 0.15) is 0 Å². The highest BCUT2D eigenvalue weighted by Gasteiger charge is 2.32. The molecule has 1 heterocycles. The number of hydrogen-bond acceptors (Lipinski definition) is 1. The van der Waals surface area contributed by atoms with Gasteiger partial charge < -0.3 is 12.9 Å². The third-order valence-corrected chi connectivity index (χ3v) is 1.64. The van der Waals surface area contributed by atoms with Gasteiger partial charge >= 0.3 is 6.98 Å². The second kappa shape index (κ2) is 2.78. The fourth-order valence-corrected chi connectivity index (χ4v) is 1.12. The summed E-state index contributed by atoms with van der Waals surface area (Å²) in [5, 5.41) is 3.67. The van der Waals surface area contributed by atoms with E-state index >= 15 is 0 Å². The SMILES string of the molecule is CC(C)(C)n1nccc1[B-](F)(F)F. The average molecular weight is 191 g/mol. The second-order valence-corrected chi connectivity index (χ2v) is 3.91. The van der Waals surface area contributed by atoms with Crippen molar-refractivity contribution >= 4 is 12.6 Å². The average Bonchev–Trinajstić information content (AvgIpc) is 2.27. The molecule has 1 rings (SSSR count). The zero-order chi connectivity index (χ0) is 10.3. The molecule has 0 aromatic carbocycles. The lowest BCUT2D eigenvalue weighted by atomic mass is 9.85. The second-order valence-electron chi connectivity index (χ2n) is 3.91. The summed E-state index contributed by atoms with van der Waals surface area (Å²) in [6.07, 6.45) is 1.18. The van der Waals surface area contributed by atoms with Gasteiger partial charge in [-0.15, -0.1) is 0 Å². The highest BCUT2D eigenvalue weighted by Crippen LogP contribution is 2.15. The van der Waals surface area contributed by atoms with Crippen molar-refractivity contribution in [2.45, 2.75) is 26.3 Å². The van der Waals surface area contributed by atoms with Crippen molar-refractivity contribution in [1.29, 1.82) is 0 Å². The lowest BCUT2D eigenvalue weighted by Crippen LogP contribution is -2.45. The van der Waals surface area contributed by atoms with Crippen LogP contribution in [0.15, 0.2) is 12.3 Å². The number of hydrogen-bond donors (Lipinski definition) is 0. The lowest BCUT2D eigenvalue weighted by molar-refractivity contribution is 0.355. The Hall–Kier alpha value is -0.935. The lowest BCUT2D eigenvalue weighted by Gasteiger charge is -2.27. The van der Waals surface area contributed by atoms with Crippen molar-refractivity contribution < 1.29 is 12.9 Å². The Morgan fingerprint density at radius 1 is 1.31 bits per heavy atom. The number of rotatable bonds is 1. The first kappa shape index (κ1) is 10.1. The molecule has 0 bridgehead atoms. The van der Waals surface area contributed by atoms with E-state index in [9.17, 15) is 12.9 Å². The standard InChI is InChI=1S/C7H11BF3N2/c1-7(2,3)13-6(4-5-12-13)8(9,10)11/h4-5H,1-3H3/q-1. The van der Waals surface area contributed by atoms with Crippen LogP contribution in [-0.4, -0.2) is 16.8 Å². The zero-order valence-corrected chi connectivity index (χ0v) is 7.76. The molecule has 0 N–H and O–H groups in total. The van der Waals surface area contributed by atoms with Gasteiger partial charge in [-0.05, 0) is 26.4 Å². The van der Waals surface area contributed by atoms with Crippen molar-refractivity contribution in [2.24, 2.45) is 0 Å². The molecule has 1 aromatic rings. The molecule has 0 aliphatic heterocycles. The summed E-state index contributed by atoms with van der Waals surface area (Å²) in [4.78, 5) is 0. The van der Waals surface area contributed by atoms with Crippen LogP contribution in [0.1, 0.15) is 20.8 Å². The van der Waals surface area contributed by atoms with Crippen molar-refractivity contribution in [3.05, 3.63) is 12.3 Å². The Bertz CT molecular complexity index is 269. The summed E-state index contributed by atoms with van der Waals surface area (Å²) in [5.41, 5.74) is -1.27. The summed E-state index contributed by atoms with van der Waals surface area (Å²) in [5.74, 6) is 0. The van der Waals surface area contributed by atoms with Crippen LogP contribution in [0.25, 0.3) is 0 Å². The minimum Gasteiger partial charge on any atom is -0.444 e. The van der Waals surface area contributed by atoms with E-state index in [1.807, 2.05) is 0 Å². The maximum absolute atomic E-state index is 12.4. The van der Waals surface area contributed by atoms with E-state index in [1.54, 1.807) is 20.8 Å². The van der Waals surface area contributed by atoms with E-state index < -0.39 is 18.1 Å². The molecule has 0 amide bonds. The van der Waals surface area contributed by atoms with Crippen LogP contribution in [0.5, 0.6) is 0 Å². The third kappa shape index (κ3) is 2.05. The fourth-order valence-electron chi connectivity index (χ4n) is 1.12. The maximum atomic E-state index is 12.4. The quantitative estimate of drug-likeness (QED) is 0.617. The van der Waals surface area contributed by atoms with Crippen LogP contribution < -0.4 is 5.59 Å². The van der Waals surface area contributed by atoms with E-state index in [2.05, 4.69) is 5.10 Å². The van der Waals surface area contributed by atoms with Gasteiger partial charge in [0, 0.05) is 6.20 Å². The van der Waals surface area contributed by atoms with Gasteiger partial charge in [0.15, 0.2) is 0 Å². The van der Waals surface area contributed by atoms with Crippen molar-refractivity contribution in [3.8, 4) is 0 Å². The van der Waals surface area contributed by atoms with Crippen LogP contribution in [0.2, 0.25) is 0 Å². The summed E-state index contributed by atoms with van der Waals surface area (Å²) in [6, 6.07) is 1.01. The molecule has 0 fully saturated rings. The highest BCUT2D eigenvalue weighted by molar-refractivity contribution is 6.72. The van der Waals surface area contributed by atoms with E-state index in [1.165, 1.54) is 6.20 Å². The molecule has 74 valence electrons. The van der Waals surface area contributed by atoms with Crippen LogP contribution in [0, 0.1) is 0 Å². The van der Waals surface area contributed by atoms with E-state index in [0.29, 0.717) is 0 Å². The number of nitrogens with zero attached hydrogens (tertiary/aromatic N) is 2. The van der Waals surface area contributed by atoms with Gasteiger partial charge in [0.05, 0.1) is 5.54 Å². The molecule has 0 saturated carbocycles. The van der Waals surface area contributed by atoms with Crippen molar-refractivity contribution in [1.82, 2.24) is 9.78 Å². The first-order valence-corrected chi connectivity index (χ1v) is 3.97. The highest BCUT2D eigenvalue weighted by atomic mass is 19.4. The number of aromatic nitrogens is 2. The van der Waals surface area contributed by atoms with E-state index in [4.69, 9.17) is 0 Å². The molecule has 6 heteroatoms. The summed E-state index contributed by atoms with van der Waals surface area (Å²) in [7, 11) is 0. The Morgan fingerprint density at radius 2 is 1.85 bits per heavy atom. The molecule has 0 aliphatic carbocycles. The Labute approximate surface area is 74.8 Å². The largest absolute Gasteiger partial charge is 0.527 e. The smallest absolute Gasteiger partial charge is 0.444 e. The minimum absolute atomic E-state index is 0.629. The Morgan fingerprint density at radius 3 is 2.15 bits per heavy atom. The van der Waals surface area contributed by atoms with Gasteiger partial charge in [-0.2, -0.15) is 5.10 Å². The van der Waals surface area contributed by atoms with E-state index in [-0.39, 0.29) is 0 Å². The summed E-state index contributed by atoms with van der Waals surface area (Å²) >= 11 is 0. The van der Waals surface area contributed by atoms with Crippen LogP contribution in [0.3, 0.4) is 0 Å². The van der Waals surface area contributed by atoms with Gasteiger partial charge in [-0.3, -0.25) is 4.68 Å². The van der Waals surface area contributed by atoms with E-state index in [0.717, 1.165) is 10.7 Å². The number of halogens is 3. The maximum Gasteiger partial charge on any atom is 0.527 e. The first-order chi connectivity index (χ1) is 5.73. The predicted octanol–water partition coefficient (Wildman–Crippen LogP) is 1.69. The molecular weight excluding hydrogens is 180 g/mol. The minimum atomic E-state index is -4.96. The molecule has 0 spiro atoms. The fraction of sp³-hybridized carbons (Fsp3) is 0.571. The van der Waals surface area contributed by atoms with Gasteiger partial charge in [0.25, 0.3) is 0 Å². The Balaban J connectivity index is 3.19. The monoisotopic (exact) mass is 191 g/mol. The molecule has 0 saturated heterocycles. The Kier molecular flexibility index (Phi) is 2.17. The summed E-state index contributed by atoms with van der Waals surface area (Å²) in [6.45, 7) is 0.0955. The topological polar surface area (TPSA) is 17.8 Å². The molecule has 1 aromatic heterocycles. The molecule has 0 unspecified atom stereocenters. The van der Waals surface area contributed by atoms with Gasteiger partial charge in [-0.1, -0.05) is 6.07 Å². The molecule has 0 atom stereocenters. The first-order valence-electron chi connectivity index (χ1n) is 3.97. The van der Waals surface area contributed by atoms with Crippen LogP contribution in [-0.2, 0) is 5.54 Å². The molecule has 2 nitrogen and oxygen atoms in total. The molecule has 13 heavy (non-hydrogen) atoms. The molecular formula is C7H11BF3N2-. The third-order valence-electron chi connectivity index (χ3n) is 1.64. The summed E-state index contributed by atoms with van der Waals surface area (Å²) < 4.78 is 38.2. The van der Waals surface area contributed by atoms with Gasteiger partial charge in [-0.25, -0.2) is 0 Å². The van der Waals surface area contributed by atoms with Gasteiger partial charge in [0.2, 0.25) is 0 Å². The zero-order valence-electron chi connectivity index (χ0n) is 7.76. The van der Waals surface area contributed by atoms with Crippen LogP contribution >= 0.6 is 0 Å². The van der Waals surface area contributed by atoms with Crippen LogP contribution in [0.4, 0.5) is 12.9 Å². The molecule has 0 radical (unpaired) electrons.